The summed E-state index contributed by atoms with van der Waals surface area (Å²) in [5.41, 5.74) is 17.9. The second-order valence-electron chi connectivity index (χ2n) is 10.3. The van der Waals surface area contributed by atoms with E-state index in [2.05, 4.69) is 15.0 Å². The molecule has 0 spiro atoms. The number of aromatic nitrogens is 3. The molecule has 2 atom stereocenters. The summed E-state index contributed by atoms with van der Waals surface area (Å²) >= 11 is 0. The summed E-state index contributed by atoms with van der Waals surface area (Å²) in [5, 5.41) is 8.83. The Morgan fingerprint density at radius 3 is 1.71 bits per heavy atom. The Labute approximate surface area is 240 Å². The summed E-state index contributed by atoms with van der Waals surface area (Å²) in [5.74, 6) is 0.197. The molecular weight excluding hydrogens is 537 g/mol. The molecule has 0 aliphatic heterocycles. The molecule has 0 saturated carbocycles. The van der Waals surface area contributed by atoms with E-state index in [0.717, 1.165) is 16.7 Å². The van der Waals surface area contributed by atoms with Gasteiger partial charge in [0.05, 0.1) is 18.4 Å². The van der Waals surface area contributed by atoms with Crippen LogP contribution in [0.5, 0.6) is 0 Å². The smallest absolute Gasteiger partial charge is 0.326 e. The summed E-state index contributed by atoms with van der Waals surface area (Å²) in [6.07, 6.45) is 0.725. The average Bonchev–Trinajstić information content (AvgIpc) is 3.42. The van der Waals surface area contributed by atoms with Gasteiger partial charge in [-0.15, -0.1) is 0 Å². The minimum absolute atomic E-state index is 0.178. The van der Waals surface area contributed by atoms with Crippen LogP contribution in [0, 0.1) is 0 Å². The van der Waals surface area contributed by atoms with Gasteiger partial charge in [-0.25, -0.2) is 9.67 Å². The van der Waals surface area contributed by atoms with Gasteiger partial charge in [-0.3, -0.25) is 4.57 Å². The van der Waals surface area contributed by atoms with Gasteiger partial charge in [0.25, 0.3) is 0 Å². The lowest BCUT2D eigenvalue weighted by Gasteiger charge is -2.36. The average molecular weight is 574 g/mol. The lowest BCUT2D eigenvalue weighted by atomic mass is 9.77. The van der Waals surface area contributed by atoms with Crippen LogP contribution in [-0.2, 0) is 19.2 Å². The number of nitrogens with zero attached hydrogens (tertiary/aromatic N) is 6. The van der Waals surface area contributed by atoms with Crippen molar-refractivity contribution in [2.45, 2.75) is 57.5 Å². The van der Waals surface area contributed by atoms with E-state index in [0.29, 0.717) is 0 Å². The second-order valence-corrected chi connectivity index (χ2v) is 12.3. The van der Waals surface area contributed by atoms with Crippen molar-refractivity contribution in [2.75, 3.05) is 6.16 Å². The highest BCUT2D eigenvalue weighted by atomic mass is 31.2. The van der Waals surface area contributed by atoms with E-state index in [4.69, 9.17) is 19.9 Å². The van der Waals surface area contributed by atoms with Crippen molar-refractivity contribution in [1.29, 1.82) is 0 Å². The molecule has 4 aromatic rings. The highest BCUT2D eigenvalue weighted by Crippen LogP contribution is 2.52. The van der Waals surface area contributed by atoms with Gasteiger partial charge in [0.1, 0.15) is 17.9 Å². The minimum atomic E-state index is -3.63. The van der Waals surface area contributed by atoms with Crippen LogP contribution in [-0.4, -0.2) is 39.2 Å². The van der Waals surface area contributed by atoms with Crippen LogP contribution in [0.15, 0.2) is 102 Å². The topological polar surface area (TPSA) is 141 Å². The number of benzene rings is 3. The molecule has 0 radical (unpaired) electrons. The fourth-order valence-electron chi connectivity index (χ4n) is 5.00. The molecule has 0 aliphatic rings. The maximum absolute atomic E-state index is 13.6. The van der Waals surface area contributed by atoms with E-state index in [1.165, 1.54) is 0 Å². The molecule has 2 N–H and O–H groups in total. The van der Waals surface area contributed by atoms with Crippen LogP contribution in [0.2, 0.25) is 0 Å². The summed E-state index contributed by atoms with van der Waals surface area (Å²) < 4.78 is 26.7. The first kappa shape index (κ1) is 30.2. The third-order valence-corrected chi connectivity index (χ3v) is 8.81. The van der Waals surface area contributed by atoms with Gasteiger partial charge >= 0.3 is 7.60 Å². The molecule has 41 heavy (non-hydrogen) atoms. The van der Waals surface area contributed by atoms with Gasteiger partial charge in [-0.1, -0.05) is 96.1 Å². The zero-order valence-corrected chi connectivity index (χ0v) is 24.6. The lowest BCUT2D eigenvalue weighted by Crippen LogP contribution is -2.38. The maximum Gasteiger partial charge on any atom is 0.332 e. The maximum atomic E-state index is 13.6. The highest BCUT2D eigenvalue weighted by Gasteiger charge is 2.41. The van der Waals surface area contributed by atoms with Crippen LogP contribution in [0.4, 0.5) is 0 Å². The first-order valence-electron chi connectivity index (χ1n) is 13.5. The monoisotopic (exact) mass is 573 g/mol. The highest BCUT2D eigenvalue weighted by molar-refractivity contribution is 7.53. The van der Waals surface area contributed by atoms with Gasteiger partial charge in [0.15, 0.2) is 5.82 Å². The van der Waals surface area contributed by atoms with Crippen molar-refractivity contribution in [3.63, 3.8) is 0 Å². The summed E-state index contributed by atoms with van der Waals surface area (Å²) in [6, 6.07) is 28.1. The van der Waals surface area contributed by atoms with Crippen molar-refractivity contribution in [3.05, 3.63) is 130 Å². The van der Waals surface area contributed by atoms with Gasteiger partial charge in [0, 0.05) is 11.0 Å². The molecule has 10 nitrogen and oxygen atoms in total. The second kappa shape index (κ2) is 13.3. The Morgan fingerprint density at radius 2 is 1.32 bits per heavy atom. The molecular formula is C30H36N7O3P. The van der Waals surface area contributed by atoms with Crippen LogP contribution in [0.25, 0.3) is 10.4 Å². The van der Waals surface area contributed by atoms with Crippen molar-refractivity contribution in [2.24, 2.45) is 10.8 Å². The van der Waals surface area contributed by atoms with Crippen molar-refractivity contribution >= 4 is 7.60 Å². The molecule has 0 saturated heterocycles. The summed E-state index contributed by atoms with van der Waals surface area (Å²) in [4.78, 5) is 7.60. The van der Waals surface area contributed by atoms with E-state index < -0.39 is 25.2 Å². The fraction of sp³-hybridized carbons (Fsp3) is 0.333. The SMILES string of the molecule is CC(C)OP(=O)(CC(N)C(N=[N+]=[N-])c1ncn(C(c2ccccc2)(c2ccccc2)c2ccccc2)n1)OC(C)C. The molecule has 4 rings (SSSR count). The van der Waals surface area contributed by atoms with Crippen molar-refractivity contribution in [1.82, 2.24) is 14.8 Å². The summed E-state index contributed by atoms with van der Waals surface area (Å²) in [7, 11) is -3.63. The van der Waals surface area contributed by atoms with Crippen LogP contribution in [0.3, 0.4) is 0 Å². The van der Waals surface area contributed by atoms with E-state index in [1.54, 1.807) is 38.7 Å². The van der Waals surface area contributed by atoms with E-state index >= 15 is 0 Å². The summed E-state index contributed by atoms with van der Waals surface area (Å²) in [6.45, 7) is 7.08. The van der Waals surface area contributed by atoms with Crippen molar-refractivity contribution < 1.29 is 13.6 Å². The molecule has 3 aromatic carbocycles. The molecule has 214 valence electrons. The quantitative estimate of drug-likeness (QED) is 0.0610. The van der Waals surface area contributed by atoms with E-state index in [-0.39, 0.29) is 24.2 Å². The molecule has 1 heterocycles. The number of azide groups is 1. The van der Waals surface area contributed by atoms with Crippen molar-refractivity contribution in [3.8, 4) is 0 Å². The first-order chi connectivity index (χ1) is 19.7. The van der Waals surface area contributed by atoms with Gasteiger partial charge in [-0.05, 0) is 49.9 Å². The molecule has 0 aliphatic carbocycles. The molecule has 1 aromatic heterocycles. The van der Waals surface area contributed by atoms with Gasteiger partial charge < -0.3 is 14.8 Å². The molecule has 2 unspecified atom stereocenters. The Kier molecular flexibility index (Phi) is 9.76. The zero-order chi connectivity index (χ0) is 29.5. The van der Waals surface area contributed by atoms with Gasteiger partial charge in [-0.2, -0.15) is 5.10 Å². The predicted octanol–water partition coefficient (Wildman–Crippen LogP) is 6.84. The minimum Gasteiger partial charge on any atom is -0.326 e. The molecule has 0 fully saturated rings. The van der Waals surface area contributed by atoms with E-state index in [1.807, 2.05) is 91.0 Å². The van der Waals surface area contributed by atoms with Crippen LogP contribution in [0.1, 0.15) is 56.3 Å². The molecule has 11 heteroatoms. The molecule has 0 amide bonds. The van der Waals surface area contributed by atoms with E-state index in [9.17, 15) is 10.1 Å². The normalized spacial score (nSPS) is 13.6. The van der Waals surface area contributed by atoms with Crippen LogP contribution >= 0.6 is 7.60 Å². The predicted molar refractivity (Wildman–Crippen MR) is 159 cm³/mol. The third kappa shape index (κ3) is 6.76. The Bertz CT molecular complexity index is 1380. The molecule has 0 bridgehead atoms. The first-order valence-corrected chi connectivity index (χ1v) is 15.3. The Balaban J connectivity index is 1.85. The van der Waals surface area contributed by atoms with Crippen LogP contribution < -0.4 is 5.73 Å². The third-order valence-electron chi connectivity index (χ3n) is 6.45. The lowest BCUT2D eigenvalue weighted by molar-refractivity contribution is 0.141. The number of hydrogen-bond acceptors (Lipinski definition) is 7. The number of hydrogen-bond donors (Lipinski definition) is 1. The Hall–Kier alpha value is -3.78. The largest absolute Gasteiger partial charge is 0.332 e. The standard InChI is InChI=1S/C30H36N7O3P/c1-22(2)39-41(38,40-23(3)4)20-27(31)28(34-36-32)29-33-21-37(35-29)30(24-14-8-5-9-15-24,25-16-10-6-11-17-25)26-18-12-7-13-19-26/h5-19,21-23,27-28H,20,31H2,1-4H3. The number of rotatable bonds is 13. The fourth-order valence-corrected chi connectivity index (χ4v) is 7.23. The van der Waals surface area contributed by atoms with Gasteiger partial charge in [0.2, 0.25) is 0 Å². The number of nitrogens with two attached hydrogens (primary N) is 1. The zero-order valence-electron chi connectivity index (χ0n) is 23.7. The Morgan fingerprint density at radius 1 is 0.878 bits per heavy atom.